The van der Waals surface area contributed by atoms with E-state index in [9.17, 15) is 9.90 Å². The van der Waals surface area contributed by atoms with E-state index in [-0.39, 0.29) is 6.61 Å². The van der Waals surface area contributed by atoms with Gasteiger partial charge in [-0.15, -0.1) is 0 Å². The molecule has 1 amide bonds. The summed E-state index contributed by atoms with van der Waals surface area (Å²) < 4.78 is 5.12. The Balaban J connectivity index is 2.56. The molecule has 4 nitrogen and oxygen atoms in total. The molecule has 2 N–H and O–H groups in total. The largest absolute Gasteiger partial charge is 0.444 e. The number of alkyl carbamates (subject to hydrolysis) is 1. The van der Waals surface area contributed by atoms with Crippen molar-refractivity contribution in [2.45, 2.75) is 32.8 Å². The molecule has 0 aliphatic carbocycles. The SMILES string of the molecule is CC(C)(C)OC(=O)N/C(=C\Cc1ccccc1)CO. The van der Waals surface area contributed by atoms with Crippen molar-refractivity contribution in [3.05, 3.63) is 47.7 Å². The molecule has 1 aromatic rings. The number of hydrogen-bond acceptors (Lipinski definition) is 3. The van der Waals surface area contributed by atoms with Gasteiger partial charge in [0.25, 0.3) is 0 Å². The number of amides is 1. The second-order valence-electron chi connectivity index (χ2n) is 5.20. The van der Waals surface area contributed by atoms with E-state index < -0.39 is 11.7 Å². The Kier molecular flexibility index (Phi) is 5.57. The maximum absolute atomic E-state index is 11.6. The highest BCUT2D eigenvalue weighted by Crippen LogP contribution is 2.07. The van der Waals surface area contributed by atoms with Gasteiger partial charge in [0.05, 0.1) is 6.61 Å². The molecule has 0 unspecified atom stereocenters. The van der Waals surface area contributed by atoms with E-state index in [0.29, 0.717) is 12.1 Å². The molecular formula is C15H21NO3. The monoisotopic (exact) mass is 263 g/mol. The lowest BCUT2D eigenvalue weighted by Gasteiger charge is -2.20. The molecule has 0 fully saturated rings. The van der Waals surface area contributed by atoms with Crippen molar-refractivity contribution in [1.29, 1.82) is 0 Å². The molecule has 0 bridgehead atoms. The summed E-state index contributed by atoms with van der Waals surface area (Å²) in [7, 11) is 0. The number of carbonyl (C=O) groups is 1. The van der Waals surface area contributed by atoms with E-state index in [4.69, 9.17) is 4.74 Å². The minimum absolute atomic E-state index is 0.230. The summed E-state index contributed by atoms with van der Waals surface area (Å²) in [6.07, 6.45) is 1.87. The second kappa shape index (κ2) is 6.95. The van der Waals surface area contributed by atoms with Gasteiger partial charge in [-0.1, -0.05) is 36.4 Å². The molecule has 104 valence electrons. The molecule has 0 heterocycles. The normalized spacial score (nSPS) is 12.1. The Morgan fingerprint density at radius 3 is 2.47 bits per heavy atom. The summed E-state index contributed by atoms with van der Waals surface area (Å²) in [6, 6.07) is 9.81. The third kappa shape index (κ3) is 6.62. The molecule has 0 atom stereocenters. The van der Waals surface area contributed by atoms with Crippen molar-refractivity contribution < 1.29 is 14.6 Å². The minimum atomic E-state index is -0.555. The zero-order chi connectivity index (χ0) is 14.3. The van der Waals surface area contributed by atoms with E-state index in [1.807, 2.05) is 30.3 Å². The van der Waals surface area contributed by atoms with E-state index >= 15 is 0 Å². The third-order valence-corrected chi connectivity index (χ3v) is 2.26. The van der Waals surface area contributed by atoms with Crippen LogP contribution in [0.1, 0.15) is 26.3 Å². The average molecular weight is 263 g/mol. The zero-order valence-corrected chi connectivity index (χ0v) is 11.6. The number of ether oxygens (including phenoxy) is 1. The van der Waals surface area contributed by atoms with Crippen LogP contribution in [0.3, 0.4) is 0 Å². The lowest BCUT2D eigenvalue weighted by molar-refractivity contribution is 0.0538. The van der Waals surface area contributed by atoms with Crippen molar-refractivity contribution in [1.82, 2.24) is 5.32 Å². The molecule has 0 radical (unpaired) electrons. The van der Waals surface area contributed by atoms with Crippen LogP contribution in [0.4, 0.5) is 4.79 Å². The summed E-state index contributed by atoms with van der Waals surface area (Å²) in [5.74, 6) is 0. The molecular weight excluding hydrogens is 242 g/mol. The first-order valence-electron chi connectivity index (χ1n) is 6.24. The maximum Gasteiger partial charge on any atom is 0.411 e. The van der Waals surface area contributed by atoms with Crippen LogP contribution < -0.4 is 5.32 Å². The number of carbonyl (C=O) groups excluding carboxylic acids is 1. The predicted octanol–water partition coefficient (Wildman–Crippen LogP) is 2.63. The Bertz CT molecular complexity index is 432. The van der Waals surface area contributed by atoms with E-state index in [1.165, 1.54) is 0 Å². The van der Waals surface area contributed by atoms with Crippen molar-refractivity contribution in [2.24, 2.45) is 0 Å². The molecule has 0 aliphatic heterocycles. The zero-order valence-electron chi connectivity index (χ0n) is 11.6. The first-order valence-corrected chi connectivity index (χ1v) is 6.24. The van der Waals surface area contributed by atoms with Gasteiger partial charge in [0, 0.05) is 5.70 Å². The van der Waals surface area contributed by atoms with Crippen LogP contribution in [-0.4, -0.2) is 23.4 Å². The fraction of sp³-hybridized carbons (Fsp3) is 0.400. The summed E-state index contributed by atoms with van der Waals surface area (Å²) in [5.41, 5.74) is 1.00. The topological polar surface area (TPSA) is 58.6 Å². The number of aliphatic hydroxyl groups is 1. The maximum atomic E-state index is 11.6. The van der Waals surface area contributed by atoms with Gasteiger partial charge in [0.2, 0.25) is 0 Å². The van der Waals surface area contributed by atoms with Crippen LogP contribution in [-0.2, 0) is 11.2 Å². The fourth-order valence-corrected chi connectivity index (χ4v) is 1.44. The number of aliphatic hydroxyl groups excluding tert-OH is 1. The van der Waals surface area contributed by atoms with Gasteiger partial charge in [0.15, 0.2) is 0 Å². The molecule has 4 heteroatoms. The average Bonchev–Trinajstić information content (AvgIpc) is 2.33. The molecule has 1 aromatic carbocycles. The fourth-order valence-electron chi connectivity index (χ4n) is 1.44. The molecule has 0 saturated carbocycles. The van der Waals surface area contributed by atoms with Crippen LogP contribution in [0.5, 0.6) is 0 Å². The van der Waals surface area contributed by atoms with Gasteiger partial charge in [-0.25, -0.2) is 4.79 Å². The summed E-state index contributed by atoms with van der Waals surface area (Å²) in [5, 5.41) is 11.8. The van der Waals surface area contributed by atoms with Gasteiger partial charge >= 0.3 is 6.09 Å². The molecule has 1 rings (SSSR count). The first kappa shape index (κ1) is 15.2. The van der Waals surface area contributed by atoms with Gasteiger partial charge in [-0.2, -0.15) is 0 Å². The Morgan fingerprint density at radius 2 is 1.95 bits per heavy atom. The van der Waals surface area contributed by atoms with Crippen LogP contribution in [0.2, 0.25) is 0 Å². The van der Waals surface area contributed by atoms with Crippen molar-refractivity contribution in [2.75, 3.05) is 6.61 Å². The molecule has 0 spiro atoms. The van der Waals surface area contributed by atoms with E-state index in [1.54, 1.807) is 26.8 Å². The predicted molar refractivity (Wildman–Crippen MR) is 74.7 cm³/mol. The molecule has 0 aliphatic rings. The van der Waals surface area contributed by atoms with Gasteiger partial charge in [-0.3, -0.25) is 5.32 Å². The third-order valence-electron chi connectivity index (χ3n) is 2.26. The minimum Gasteiger partial charge on any atom is -0.444 e. The number of benzene rings is 1. The van der Waals surface area contributed by atoms with Crippen LogP contribution in [0.15, 0.2) is 42.1 Å². The highest BCUT2D eigenvalue weighted by molar-refractivity contribution is 5.70. The van der Waals surface area contributed by atoms with Gasteiger partial charge < -0.3 is 9.84 Å². The lowest BCUT2D eigenvalue weighted by Crippen LogP contribution is -2.33. The van der Waals surface area contributed by atoms with Crippen LogP contribution in [0, 0.1) is 0 Å². The van der Waals surface area contributed by atoms with E-state index in [2.05, 4.69) is 5.32 Å². The molecule has 0 saturated heterocycles. The molecule has 19 heavy (non-hydrogen) atoms. The van der Waals surface area contributed by atoms with Gasteiger partial charge in [0.1, 0.15) is 5.60 Å². The summed E-state index contributed by atoms with van der Waals surface area (Å²) in [4.78, 5) is 11.6. The highest BCUT2D eigenvalue weighted by Gasteiger charge is 2.16. The molecule has 0 aromatic heterocycles. The van der Waals surface area contributed by atoms with Crippen molar-refractivity contribution in [3.8, 4) is 0 Å². The van der Waals surface area contributed by atoms with E-state index in [0.717, 1.165) is 5.56 Å². The number of hydrogen-bond donors (Lipinski definition) is 2. The van der Waals surface area contributed by atoms with Crippen LogP contribution in [0.25, 0.3) is 0 Å². The smallest absolute Gasteiger partial charge is 0.411 e. The Morgan fingerprint density at radius 1 is 1.32 bits per heavy atom. The number of allylic oxidation sites excluding steroid dienone is 1. The Hall–Kier alpha value is -1.81. The van der Waals surface area contributed by atoms with Crippen molar-refractivity contribution in [3.63, 3.8) is 0 Å². The quantitative estimate of drug-likeness (QED) is 0.878. The highest BCUT2D eigenvalue weighted by atomic mass is 16.6. The first-order chi connectivity index (χ1) is 8.90. The summed E-state index contributed by atoms with van der Waals surface area (Å²) in [6.45, 7) is 5.14. The number of rotatable bonds is 4. The van der Waals surface area contributed by atoms with Crippen LogP contribution >= 0.6 is 0 Å². The second-order valence-corrected chi connectivity index (χ2v) is 5.20. The van der Waals surface area contributed by atoms with Crippen molar-refractivity contribution >= 4 is 6.09 Å². The Labute approximate surface area is 114 Å². The number of nitrogens with one attached hydrogen (secondary N) is 1. The van der Waals surface area contributed by atoms with Gasteiger partial charge in [-0.05, 0) is 32.8 Å². The summed E-state index contributed by atoms with van der Waals surface area (Å²) >= 11 is 0. The standard InChI is InChI=1S/C15H21NO3/c1-15(2,3)19-14(18)16-13(11-17)10-9-12-7-5-4-6-8-12/h4-8,10,17H,9,11H2,1-3H3,(H,16,18)/b13-10-. The lowest BCUT2D eigenvalue weighted by atomic mass is 10.1.